The highest BCUT2D eigenvalue weighted by molar-refractivity contribution is 6.68. The molecule has 7 aromatic carbocycles. The number of amides is 1. The second-order valence-electron chi connectivity index (χ2n) is 26.1. The molecule has 4 saturated heterocycles. The molecule has 0 aliphatic carbocycles. The molecule has 22 nitrogen and oxygen atoms in total. The number of nitrogens with zero attached hydrogens (tertiary/aromatic N) is 8. The van der Waals surface area contributed by atoms with Crippen molar-refractivity contribution in [3.05, 3.63) is 205 Å². The smallest absolute Gasteiger partial charge is 0.337 e. The number of aromatic nitrogens is 3. The molecule has 0 atom stereocenters. The maximum atomic E-state index is 12.4. The van der Waals surface area contributed by atoms with Gasteiger partial charge in [0, 0.05) is 216 Å². The lowest BCUT2D eigenvalue weighted by molar-refractivity contribution is 0.0698. The molecule has 0 saturated carbocycles. The average Bonchev–Trinajstić information content (AvgIpc) is 1.62. The third kappa shape index (κ3) is 24.4. The van der Waals surface area contributed by atoms with E-state index in [1.54, 1.807) is 46.9 Å². The van der Waals surface area contributed by atoms with Gasteiger partial charge in [-0.05, 0) is 137 Å². The number of carbonyl (C=O) groups is 3. The van der Waals surface area contributed by atoms with Gasteiger partial charge in [-0.1, -0.05) is 78.9 Å². The molecule has 3 aromatic heterocycles. The molecule has 23 heteroatoms. The van der Waals surface area contributed by atoms with E-state index in [0.29, 0.717) is 24.1 Å². The van der Waals surface area contributed by atoms with Gasteiger partial charge in [-0.15, -0.1) is 0 Å². The number of H-pyrrole nitrogens is 3. The van der Waals surface area contributed by atoms with Crippen LogP contribution in [0.1, 0.15) is 69.6 Å². The van der Waals surface area contributed by atoms with Crippen LogP contribution >= 0.6 is 11.6 Å². The van der Waals surface area contributed by atoms with E-state index in [2.05, 4.69) is 121 Å². The van der Waals surface area contributed by atoms with Crippen LogP contribution in [0.3, 0.4) is 0 Å². The van der Waals surface area contributed by atoms with Crippen LogP contribution in [0.2, 0.25) is 0 Å². The number of benzene rings is 7. The first-order valence-corrected chi connectivity index (χ1v) is 37.2. The van der Waals surface area contributed by atoms with Crippen LogP contribution in [0.5, 0.6) is 23.0 Å². The Bertz CT molecular complexity index is 4230. The summed E-state index contributed by atoms with van der Waals surface area (Å²) in [6, 6.07) is 58.0. The molecule has 4 fully saturated rings. The van der Waals surface area contributed by atoms with E-state index in [9.17, 15) is 14.4 Å². The number of piperazine rings is 4. The van der Waals surface area contributed by atoms with Crippen LogP contribution < -0.4 is 54.9 Å². The second-order valence-corrected chi connectivity index (χ2v) is 26.4. The quantitative estimate of drug-likeness (QED) is 0.0232. The van der Waals surface area contributed by atoms with Crippen LogP contribution in [-0.4, -0.2) is 218 Å². The molecule has 8 N–H and O–H groups in total. The van der Waals surface area contributed by atoms with Gasteiger partial charge in [0.25, 0.3) is 11.1 Å². The highest BCUT2D eigenvalue weighted by Crippen LogP contribution is 2.27. The normalized spacial score (nSPS) is 14.6. The summed E-state index contributed by atoms with van der Waals surface area (Å²) < 4.78 is 21.1. The number of ether oxygens (including phenoxy) is 4. The summed E-state index contributed by atoms with van der Waals surface area (Å²) in [5, 5.41) is 25.9. The molecule has 4 aliphatic rings. The van der Waals surface area contributed by atoms with Gasteiger partial charge in [-0.3, -0.25) is 24.3 Å². The average molecular weight is 1460 g/mol. The molecule has 10 aromatic rings. The molecular weight excluding hydrogens is 1360 g/mol. The topological polar surface area (TPSA) is 252 Å². The van der Waals surface area contributed by atoms with Gasteiger partial charge in [-0.25, -0.2) is 4.79 Å². The predicted octanol–water partition coefficient (Wildman–Crippen LogP) is 12.7. The molecular formula is C83H105ClN14O8. The molecule has 562 valence electrons. The van der Waals surface area contributed by atoms with Crippen LogP contribution in [0, 0.1) is 11.3 Å². The van der Waals surface area contributed by atoms with Crippen molar-refractivity contribution in [2.45, 2.75) is 38.5 Å². The van der Waals surface area contributed by atoms with Crippen LogP contribution in [-0.2, 0) is 0 Å². The van der Waals surface area contributed by atoms with E-state index in [0.717, 1.165) is 211 Å². The fourth-order valence-electron chi connectivity index (χ4n) is 13.2. The van der Waals surface area contributed by atoms with Crippen molar-refractivity contribution < 1.29 is 38.4 Å². The molecule has 1 amide bonds. The number of nitrogens with two attached hydrogens (primary N) is 1. The van der Waals surface area contributed by atoms with Crippen LogP contribution in [0.15, 0.2) is 188 Å². The summed E-state index contributed by atoms with van der Waals surface area (Å²) in [7, 11) is 6.83. The first-order valence-electron chi connectivity index (χ1n) is 36.8. The fraction of sp³-hybridized carbons (Fsp3) is 0.373. The zero-order chi connectivity index (χ0) is 74.7. The number of para-hydroxylation sites is 3. The maximum Gasteiger partial charge on any atom is 0.337 e. The van der Waals surface area contributed by atoms with Gasteiger partial charge in [0.15, 0.2) is 0 Å². The van der Waals surface area contributed by atoms with Crippen molar-refractivity contribution >= 4 is 84.2 Å². The lowest BCUT2D eigenvalue weighted by atomic mass is 10.1. The lowest BCUT2D eigenvalue weighted by Gasteiger charge is -2.36. The van der Waals surface area contributed by atoms with Gasteiger partial charge in [0.1, 0.15) is 23.0 Å². The second kappa shape index (κ2) is 43.3. The summed E-state index contributed by atoms with van der Waals surface area (Å²) in [5.74, 6) is 2.79. The summed E-state index contributed by atoms with van der Waals surface area (Å²) in [6.07, 6.45) is 11.0. The number of hydrogen-bond acceptors (Lipinski definition) is 17. The molecule has 14 rings (SSSR count). The number of rotatable bonds is 23. The largest absolute Gasteiger partial charge is 0.497 e. The Morgan fingerprint density at radius 2 is 0.802 bits per heavy atom. The minimum atomic E-state index is -0.896. The predicted molar refractivity (Wildman–Crippen MR) is 430 cm³/mol. The Balaban J connectivity index is 0.000000152. The number of methoxy groups -OCH3 is 4. The number of carboxylic acid groups (broad SMARTS) is 1. The molecule has 7 heterocycles. The zero-order valence-corrected chi connectivity index (χ0v) is 62.6. The number of fused-ring (bicyclic) bond motifs is 3. The zero-order valence-electron chi connectivity index (χ0n) is 61.8. The molecule has 106 heavy (non-hydrogen) atoms. The van der Waals surface area contributed by atoms with E-state index in [4.69, 9.17) is 46.7 Å². The first kappa shape index (κ1) is 79.9. The summed E-state index contributed by atoms with van der Waals surface area (Å²) in [6.45, 7) is 22.0. The Morgan fingerprint density at radius 3 is 1.18 bits per heavy atom. The fourth-order valence-corrected chi connectivity index (χ4v) is 13.4. The number of anilines is 4. The molecule has 0 unspecified atom stereocenters. The Morgan fingerprint density at radius 1 is 0.453 bits per heavy atom. The van der Waals surface area contributed by atoms with Crippen molar-refractivity contribution in [1.82, 2.24) is 40.3 Å². The maximum absolute atomic E-state index is 12.4. The number of aromatic carboxylic acids is 1. The van der Waals surface area contributed by atoms with Gasteiger partial charge in [0.2, 0.25) is 0 Å². The highest BCUT2D eigenvalue weighted by Gasteiger charge is 2.21. The van der Waals surface area contributed by atoms with Gasteiger partial charge in [0.05, 0.1) is 51.2 Å². The van der Waals surface area contributed by atoms with Gasteiger partial charge in [-0.2, -0.15) is 5.26 Å². The van der Waals surface area contributed by atoms with Crippen molar-refractivity contribution in [2.24, 2.45) is 5.73 Å². The SMILES string of the molecule is COc1cccc(N2CCN(CCCC#N)CC2)c1.COc1cccc(N2CCN(CCCCN)CC2)c1.COc1cccc(N2CCN(CCCCNC(=O)c3c[nH]c4ccccc34)CC2)c1.COc1cccc(N2CCNCC2)c1.O=C(Cl)c1c[nH]c2ccccc12.O=C(O)c1c[nH]c2ccccc12. The Kier molecular flexibility index (Phi) is 32.6. The molecule has 0 bridgehead atoms. The van der Waals surface area contributed by atoms with E-state index < -0.39 is 11.2 Å². The van der Waals surface area contributed by atoms with Crippen molar-refractivity contribution in [3.8, 4) is 29.1 Å². The van der Waals surface area contributed by atoms with Crippen molar-refractivity contribution in [1.29, 1.82) is 5.26 Å². The number of carbonyl (C=O) groups excluding carboxylic acids is 2. The Hall–Kier alpha value is -10.3. The third-order valence-electron chi connectivity index (χ3n) is 19.2. The Labute approximate surface area is 628 Å². The number of carboxylic acids is 1. The van der Waals surface area contributed by atoms with E-state index in [1.807, 2.05) is 109 Å². The van der Waals surface area contributed by atoms with Crippen LogP contribution in [0.4, 0.5) is 22.7 Å². The monoisotopic (exact) mass is 1460 g/mol. The number of nitrogens with one attached hydrogen (secondary N) is 5. The molecule has 0 spiro atoms. The summed E-state index contributed by atoms with van der Waals surface area (Å²) in [5.41, 5.74) is 14.9. The number of unbranched alkanes of at least 4 members (excludes halogenated alkanes) is 3. The van der Waals surface area contributed by atoms with E-state index in [1.165, 1.54) is 41.9 Å². The van der Waals surface area contributed by atoms with E-state index >= 15 is 0 Å². The van der Waals surface area contributed by atoms with Crippen molar-refractivity contribution in [2.75, 3.05) is 185 Å². The van der Waals surface area contributed by atoms with Crippen LogP contribution in [0.25, 0.3) is 32.7 Å². The first-order chi connectivity index (χ1) is 51.9. The van der Waals surface area contributed by atoms with E-state index in [-0.39, 0.29) is 5.91 Å². The summed E-state index contributed by atoms with van der Waals surface area (Å²) in [4.78, 5) is 60.1. The minimum Gasteiger partial charge on any atom is -0.497 e. The molecule has 0 radical (unpaired) electrons. The van der Waals surface area contributed by atoms with Gasteiger partial charge >= 0.3 is 5.97 Å². The summed E-state index contributed by atoms with van der Waals surface area (Å²) >= 11 is 5.36. The number of nitriles is 1. The highest BCUT2D eigenvalue weighted by atomic mass is 35.5. The number of aromatic amines is 3. The number of halogens is 1. The standard InChI is InChI=1S/C24H30N4O2.C15H25N3O.C15H21N3O.C11H16N2O.C9H6ClNO.C9H7NO2/c1-30-20-8-6-7-19(17-20)28-15-13-27(14-16-28)12-5-4-11-25-24(29)22-18-26-23-10-3-2-9-21(22)23;2*1-19-15-6-4-5-14(13-15)18-11-9-17(10-12-18)8-3-2-7-16;1-14-11-4-2-3-10(9-11)13-7-5-12-6-8-13;10-9(12)7-5-11-8-4-2-1-3-6(7)8;11-9(12)7-5-10-8-4-2-1-3-6(7)8/h2-3,6-10,17-18,26H,4-5,11-16H2,1H3,(H,25,29);4-6,13H,2-3,7-12,16H2,1H3;4-6,13H,2-3,8-12H2,1H3;2-4,9,12H,5-8H2,1H3;1-5,11H;1-5,10H,(H,11,12). The minimum absolute atomic E-state index is 0.000599. The lowest BCUT2D eigenvalue weighted by Crippen LogP contribution is -2.46. The third-order valence-corrected chi connectivity index (χ3v) is 19.4. The van der Waals surface area contributed by atoms with Gasteiger partial charge < -0.3 is 75.0 Å². The molecule has 4 aliphatic heterocycles. The van der Waals surface area contributed by atoms with Crippen molar-refractivity contribution in [3.63, 3.8) is 0 Å². The number of hydrogen-bond donors (Lipinski definition) is 7.